The Morgan fingerprint density at radius 1 is 1.29 bits per heavy atom. The van der Waals surface area contributed by atoms with Crippen molar-refractivity contribution < 1.29 is 4.79 Å². The summed E-state index contributed by atoms with van der Waals surface area (Å²) in [6.07, 6.45) is 8.79. The minimum absolute atomic E-state index is 0. The predicted octanol–water partition coefficient (Wildman–Crippen LogP) is 2.31. The van der Waals surface area contributed by atoms with E-state index >= 15 is 0 Å². The Morgan fingerprint density at radius 3 is 2.58 bits per heavy atom. The van der Waals surface area contributed by atoms with Gasteiger partial charge in [0.2, 0.25) is 0 Å². The Kier molecular flexibility index (Phi) is 7.66. The van der Waals surface area contributed by atoms with Gasteiger partial charge < -0.3 is 10.6 Å². The number of aromatic nitrogens is 3. The maximum atomic E-state index is 12.6. The SMILES string of the molecule is CC(N)C1CCN(C(=O)c2ccnc(-n3ccnc3)c2)CC1.Cl.Cl. The van der Waals surface area contributed by atoms with Gasteiger partial charge in [-0.15, -0.1) is 24.8 Å². The minimum atomic E-state index is 0. The summed E-state index contributed by atoms with van der Waals surface area (Å²) >= 11 is 0. The largest absolute Gasteiger partial charge is 0.339 e. The number of pyridine rings is 1. The van der Waals surface area contributed by atoms with Gasteiger partial charge in [-0.3, -0.25) is 9.36 Å². The first kappa shape index (κ1) is 20.4. The van der Waals surface area contributed by atoms with Gasteiger partial charge in [-0.2, -0.15) is 0 Å². The molecule has 1 fully saturated rings. The van der Waals surface area contributed by atoms with Gasteiger partial charge >= 0.3 is 0 Å². The fraction of sp³-hybridized carbons (Fsp3) is 0.438. The number of halogens is 2. The average Bonchev–Trinajstić information content (AvgIpc) is 3.09. The van der Waals surface area contributed by atoms with Crippen LogP contribution in [-0.4, -0.2) is 44.5 Å². The number of piperidine rings is 1. The fourth-order valence-electron chi connectivity index (χ4n) is 2.90. The fourth-order valence-corrected chi connectivity index (χ4v) is 2.90. The molecule has 1 aliphatic heterocycles. The Bertz CT molecular complexity index is 640. The molecule has 2 N–H and O–H groups in total. The third kappa shape index (κ3) is 4.47. The summed E-state index contributed by atoms with van der Waals surface area (Å²) in [5, 5.41) is 0. The molecule has 2 aromatic heterocycles. The summed E-state index contributed by atoms with van der Waals surface area (Å²) < 4.78 is 1.79. The molecule has 0 radical (unpaired) electrons. The standard InChI is InChI=1S/C16H21N5O.2ClH/c1-12(17)13-3-7-20(8-4-13)16(22)14-2-5-19-15(10-14)21-9-6-18-11-21;;/h2,5-6,9-13H,3-4,7-8,17H2,1H3;2*1H. The lowest BCUT2D eigenvalue weighted by molar-refractivity contribution is 0.0681. The van der Waals surface area contributed by atoms with Crippen molar-refractivity contribution in [1.29, 1.82) is 0 Å². The molecule has 0 aromatic carbocycles. The van der Waals surface area contributed by atoms with Crippen molar-refractivity contribution in [3.8, 4) is 5.82 Å². The zero-order chi connectivity index (χ0) is 15.5. The number of hydrogen-bond donors (Lipinski definition) is 1. The van der Waals surface area contributed by atoms with E-state index in [1.807, 2.05) is 24.1 Å². The van der Waals surface area contributed by atoms with E-state index < -0.39 is 0 Å². The maximum absolute atomic E-state index is 12.6. The second-order valence-electron chi connectivity index (χ2n) is 5.86. The Hall–Kier alpha value is -1.63. The molecule has 1 unspecified atom stereocenters. The molecule has 1 saturated heterocycles. The first-order chi connectivity index (χ1) is 10.6. The number of likely N-dealkylation sites (tertiary alicyclic amines) is 1. The number of nitrogens with zero attached hydrogens (tertiary/aromatic N) is 4. The predicted molar refractivity (Wildman–Crippen MR) is 98.1 cm³/mol. The molecule has 0 aliphatic carbocycles. The van der Waals surface area contributed by atoms with Crippen molar-refractivity contribution in [3.63, 3.8) is 0 Å². The van der Waals surface area contributed by atoms with E-state index in [1.165, 1.54) is 0 Å². The molecule has 1 aliphatic rings. The second kappa shape index (κ2) is 9.01. The summed E-state index contributed by atoms with van der Waals surface area (Å²) in [4.78, 5) is 22.8. The highest BCUT2D eigenvalue weighted by atomic mass is 35.5. The molecule has 1 atom stereocenters. The van der Waals surface area contributed by atoms with Gasteiger partial charge in [-0.05, 0) is 37.8 Å². The number of carbonyl (C=O) groups excluding carboxylic acids is 1. The number of hydrogen-bond acceptors (Lipinski definition) is 4. The zero-order valence-electron chi connectivity index (χ0n) is 13.5. The van der Waals surface area contributed by atoms with E-state index in [0.717, 1.165) is 25.9 Å². The molecule has 0 bridgehead atoms. The lowest BCUT2D eigenvalue weighted by Gasteiger charge is -2.33. The molecule has 132 valence electrons. The molecule has 1 amide bonds. The molecule has 6 nitrogen and oxygen atoms in total. The van der Waals surface area contributed by atoms with Gasteiger partial charge in [-0.25, -0.2) is 9.97 Å². The van der Waals surface area contributed by atoms with Crippen LogP contribution in [0.3, 0.4) is 0 Å². The number of rotatable bonds is 3. The third-order valence-corrected chi connectivity index (χ3v) is 4.33. The van der Waals surface area contributed by atoms with Crippen molar-refractivity contribution in [1.82, 2.24) is 19.4 Å². The molecular weight excluding hydrogens is 349 g/mol. The lowest BCUT2D eigenvalue weighted by Crippen LogP contribution is -2.42. The number of imidazole rings is 1. The van der Waals surface area contributed by atoms with E-state index in [1.54, 1.807) is 29.4 Å². The molecule has 8 heteroatoms. The Labute approximate surface area is 154 Å². The van der Waals surface area contributed by atoms with Gasteiger partial charge in [0.15, 0.2) is 0 Å². The van der Waals surface area contributed by atoms with E-state index in [4.69, 9.17) is 5.73 Å². The van der Waals surface area contributed by atoms with Crippen molar-refractivity contribution in [2.24, 2.45) is 11.7 Å². The number of amides is 1. The zero-order valence-corrected chi connectivity index (χ0v) is 15.2. The monoisotopic (exact) mass is 371 g/mol. The minimum Gasteiger partial charge on any atom is -0.339 e. The Morgan fingerprint density at radius 2 is 2.00 bits per heavy atom. The topological polar surface area (TPSA) is 77.0 Å². The van der Waals surface area contributed by atoms with Crippen molar-refractivity contribution >= 4 is 30.7 Å². The van der Waals surface area contributed by atoms with Crippen molar-refractivity contribution in [2.75, 3.05) is 13.1 Å². The van der Waals surface area contributed by atoms with Crippen LogP contribution >= 0.6 is 24.8 Å². The third-order valence-electron chi connectivity index (χ3n) is 4.33. The second-order valence-corrected chi connectivity index (χ2v) is 5.86. The average molecular weight is 372 g/mol. The highest BCUT2D eigenvalue weighted by Gasteiger charge is 2.25. The van der Waals surface area contributed by atoms with Gasteiger partial charge in [0.1, 0.15) is 12.1 Å². The molecule has 0 saturated carbocycles. The first-order valence-corrected chi connectivity index (χ1v) is 7.64. The molecule has 24 heavy (non-hydrogen) atoms. The first-order valence-electron chi connectivity index (χ1n) is 7.64. The van der Waals surface area contributed by atoms with Crippen LogP contribution in [0.2, 0.25) is 0 Å². The summed E-state index contributed by atoms with van der Waals surface area (Å²) in [7, 11) is 0. The van der Waals surface area contributed by atoms with Crippen LogP contribution in [0, 0.1) is 5.92 Å². The smallest absolute Gasteiger partial charge is 0.254 e. The summed E-state index contributed by atoms with van der Waals surface area (Å²) in [5.41, 5.74) is 6.62. The van der Waals surface area contributed by atoms with E-state index in [2.05, 4.69) is 9.97 Å². The molecule has 2 aromatic rings. The van der Waals surface area contributed by atoms with Gasteiger partial charge in [0.05, 0.1) is 0 Å². The van der Waals surface area contributed by atoms with Crippen molar-refractivity contribution in [3.05, 3.63) is 42.6 Å². The van der Waals surface area contributed by atoms with E-state index in [9.17, 15) is 4.79 Å². The number of nitrogens with two attached hydrogens (primary N) is 1. The van der Waals surface area contributed by atoms with Gasteiger partial charge in [0, 0.05) is 43.3 Å². The van der Waals surface area contributed by atoms with Gasteiger partial charge in [0.25, 0.3) is 5.91 Å². The van der Waals surface area contributed by atoms with Crippen LogP contribution in [0.15, 0.2) is 37.1 Å². The molecular formula is C16H23Cl2N5O. The van der Waals surface area contributed by atoms with Crippen LogP contribution in [0.5, 0.6) is 0 Å². The molecule has 3 heterocycles. The summed E-state index contributed by atoms with van der Waals surface area (Å²) in [5.74, 6) is 1.28. The summed E-state index contributed by atoms with van der Waals surface area (Å²) in [6.45, 7) is 3.59. The van der Waals surface area contributed by atoms with Crippen LogP contribution in [-0.2, 0) is 0 Å². The highest BCUT2D eigenvalue weighted by Crippen LogP contribution is 2.21. The molecule has 0 spiro atoms. The van der Waals surface area contributed by atoms with E-state index in [0.29, 0.717) is 17.3 Å². The highest BCUT2D eigenvalue weighted by molar-refractivity contribution is 5.94. The Balaban J connectivity index is 0.00000144. The lowest BCUT2D eigenvalue weighted by atomic mass is 9.91. The van der Waals surface area contributed by atoms with Crippen molar-refractivity contribution in [2.45, 2.75) is 25.8 Å². The maximum Gasteiger partial charge on any atom is 0.254 e. The van der Waals surface area contributed by atoms with Gasteiger partial charge in [-0.1, -0.05) is 0 Å². The van der Waals surface area contributed by atoms with Crippen LogP contribution in [0.4, 0.5) is 0 Å². The van der Waals surface area contributed by atoms with E-state index in [-0.39, 0.29) is 36.8 Å². The number of carbonyl (C=O) groups is 1. The van der Waals surface area contributed by atoms with Crippen LogP contribution in [0.1, 0.15) is 30.1 Å². The summed E-state index contributed by atoms with van der Waals surface area (Å²) in [6, 6.07) is 3.77. The molecule has 3 rings (SSSR count). The quantitative estimate of drug-likeness (QED) is 0.897. The van der Waals surface area contributed by atoms with Crippen LogP contribution in [0.25, 0.3) is 5.82 Å². The van der Waals surface area contributed by atoms with Crippen LogP contribution < -0.4 is 5.73 Å². The normalized spacial score (nSPS) is 16.0.